The van der Waals surface area contributed by atoms with E-state index >= 15 is 0 Å². The molecule has 1 N–H and O–H groups in total. The lowest BCUT2D eigenvalue weighted by Gasteiger charge is -2.05. The van der Waals surface area contributed by atoms with E-state index in [4.69, 9.17) is 0 Å². The molecule has 18 heavy (non-hydrogen) atoms. The van der Waals surface area contributed by atoms with Crippen LogP contribution >= 0.6 is 11.3 Å². The van der Waals surface area contributed by atoms with Gasteiger partial charge in [-0.25, -0.2) is 9.78 Å². The van der Waals surface area contributed by atoms with Crippen LogP contribution in [-0.4, -0.2) is 16.1 Å². The summed E-state index contributed by atoms with van der Waals surface area (Å²) in [6, 6.07) is 7.92. The van der Waals surface area contributed by atoms with Crippen LogP contribution in [0.5, 0.6) is 0 Å². The molecule has 1 heterocycles. The van der Waals surface area contributed by atoms with Crippen LogP contribution in [0.2, 0.25) is 0 Å². The van der Waals surface area contributed by atoms with Crippen molar-refractivity contribution in [2.24, 2.45) is 0 Å². The van der Waals surface area contributed by atoms with Crippen LogP contribution in [0.25, 0.3) is 10.4 Å². The van der Waals surface area contributed by atoms with E-state index < -0.39 is 5.97 Å². The van der Waals surface area contributed by atoms with Gasteiger partial charge in [0.1, 0.15) is 0 Å². The van der Waals surface area contributed by atoms with Crippen LogP contribution in [0.4, 0.5) is 0 Å². The Morgan fingerprint density at radius 1 is 1.28 bits per heavy atom. The number of aromatic carboxylic acids is 1. The molecule has 0 amide bonds. The van der Waals surface area contributed by atoms with Crippen molar-refractivity contribution in [2.45, 2.75) is 26.7 Å². The molecule has 1 aromatic heterocycles. The first kappa shape index (κ1) is 12.8. The highest BCUT2D eigenvalue weighted by molar-refractivity contribution is 7.15. The van der Waals surface area contributed by atoms with Gasteiger partial charge in [-0.05, 0) is 24.0 Å². The Bertz CT molecular complexity index is 575. The molecule has 4 heteroatoms. The van der Waals surface area contributed by atoms with Crippen molar-refractivity contribution >= 4 is 17.3 Å². The van der Waals surface area contributed by atoms with E-state index in [1.165, 1.54) is 11.3 Å². The molecule has 0 saturated carbocycles. The number of aryl methyl sites for hydroxylation is 2. The van der Waals surface area contributed by atoms with E-state index in [0.29, 0.717) is 0 Å². The molecule has 0 radical (unpaired) electrons. The Hall–Kier alpha value is -1.68. The Labute approximate surface area is 110 Å². The molecule has 94 valence electrons. The van der Waals surface area contributed by atoms with Crippen molar-refractivity contribution in [1.29, 1.82) is 0 Å². The summed E-state index contributed by atoms with van der Waals surface area (Å²) >= 11 is 1.48. The highest BCUT2D eigenvalue weighted by Gasteiger charge is 2.19. The molecule has 0 aliphatic heterocycles. The SMILES string of the molecule is CCc1nc(C(=O)O)c(-c2ccccc2CC)s1. The highest BCUT2D eigenvalue weighted by atomic mass is 32.1. The molecular formula is C14H15NO2S. The van der Waals surface area contributed by atoms with Crippen LogP contribution in [-0.2, 0) is 12.8 Å². The van der Waals surface area contributed by atoms with Gasteiger partial charge in [0.25, 0.3) is 0 Å². The van der Waals surface area contributed by atoms with Crippen molar-refractivity contribution in [1.82, 2.24) is 4.98 Å². The van der Waals surface area contributed by atoms with Gasteiger partial charge in [0.15, 0.2) is 5.69 Å². The van der Waals surface area contributed by atoms with Gasteiger partial charge < -0.3 is 5.11 Å². The van der Waals surface area contributed by atoms with Crippen LogP contribution < -0.4 is 0 Å². The molecule has 0 unspecified atom stereocenters. The third-order valence-corrected chi connectivity index (χ3v) is 4.05. The number of thiazole rings is 1. The highest BCUT2D eigenvalue weighted by Crippen LogP contribution is 2.33. The van der Waals surface area contributed by atoms with Crippen molar-refractivity contribution in [3.8, 4) is 10.4 Å². The van der Waals surface area contributed by atoms with E-state index in [-0.39, 0.29) is 5.69 Å². The second kappa shape index (κ2) is 5.31. The Morgan fingerprint density at radius 2 is 2.00 bits per heavy atom. The molecule has 0 atom stereocenters. The number of hydrogen-bond acceptors (Lipinski definition) is 3. The fraction of sp³-hybridized carbons (Fsp3) is 0.286. The van der Waals surface area contributed by atoms with Crippen LogP contribution in [0.1, 0.15) is 34.9 Å². The van der Waals surface area contributed by atoms with E-state index in [1.54, 1.807) is 0 Å². The molecule has 1 aromatic carbocycles. The van der Waals surface area contributed by atoms with Crippen LogP contribution in [0, 0.1) is 0 Å². The summed E-state index contributed by atoms with van der Waals surface area (Å²) in [6.07, 6.45) is 1.65. The Balaban J connectivity index is 2.62. The van der Waals surface area contributed by atoms with E-state index in [1.807, 2.05) is 31.2 Å². The summed E-state index contributed by atoms with van der Waals surface area (Å²) in [5, 5.41) is 10.1. The van der Waals surface area contributed by atoms with Gasteiger partial charge in [0, 0.05) is 0 Å². The maximum absolute atomic E-state index is 11.3. The normalized spacial score (nSPS) is 10.6. The van der Waals surface area contributed by atoms with Gasteiger partial charge in [-0.2, -0.15) is 0 Å². The molecular weight excluding hydrogens is 246 g/mol. The number of aromatic nitrogens is 1. The minimum atomic E-state index is -0.952. The number of rotatable bonds is 4. The third kappa shape index (κ3) is 2.29. The summed E-state index contributed by atoms with van der Waals surface area (Å²) in [4.78, 5) is 16.2. The number of benzene rings is 1. The lowest BCUT2D eigenvalue weighted by molar-refractivity contribution is 0.0692. The summed E-state index contributed by atoms with van der Waals surface area (Å²) in [7, 11) is 0. The second-order valence-electron chi connectivity index (χ2n) is 3.95. The van der Waals surface area contributed by atoms with Gasteiger partial charge in [-0.15, -0.1) is 11.3 Å². The maximum atomic E-state index is 11.3. The van der Waals surface area contributed by atoms with Crippen molar-refractivity contribution in [3.63, 3.8) is 0 Å². The van der Waals surface area contributed by atoms with Gasteiger partial charge in [-0.1, -0.05) is 38.1 Å². The number of carboxylic acids is 1. The first-order chi connectivity index (χ1) is 8.67. The number of hydrogen-bond donors (Lipinski definition) is 1. The van der Waals surface area contributed by atoms with Crippen LogP contribution in [0.3, 0.4) is 0 Å². The zero-order chi connectivity index (χ0) is 13.1. The summed E-state index contributed by atoms with van der Waals surface area (Å²) in [5.41, 5.74) is 2.33. The predicted molar refractivity (Wildman–Crippen MR) is 73.3 cm³/mol. The molecule has 0 aliphatic rings. The van der Waals surface area contributed by atoms with Gasteiger partial charge in [0.2, 0.25) is 0 Å². The summed E-state index contributed by atoms with van der Waals surface area (Å²) in [5.74, 6) is -0.952. The first-order valence-electron chi connectivity index (χ1n) is 5.98. The fourth-order valence-corrected chi connectivity index (χ4v) is 2.95. The van der Waals surface area contributed by atoms with Gasteiger partial charge >= 0.3 is 5.97 Å². The zero-order valence-electron chi connectivity index (χ0n) is 10.4. The van der Waals surface area contributed by atoms with E-state index in [9.17, 15) is 9.90 Å². The largest absolute Gasteiger partial charge is 0.476 e. The summed E-state index contributed by atoms with van der Waals surface area (Å²) < 4.78 is 0. The monoisotopic (exact) mass is 261 g/mol. The Kier molecular flexibility index (Phi) is 3.77. The lowest BCUT2D eigenvalue weighted by atomic mass is 10.0. The molecule has 0 saturated heterocycles. The fourth-order valence-electron chi connectivity index (χ4n) is 1.89. The van der Waals surface area contributed by atoms with E-state index in [0.717, 1.165) is 33.9 Å². The van der Waals surface area contributed by atoms with Crippen LogP contribution in [0.15, 0.2) is 24.3 Å². The quantitative estimate of drug-likeness (QED) is 0.914. The Morgan fingerprint density at radius 3 is 2.61 bits per heavy atom. The molecule has 0 spiro atoms. The zero-order valence-corrected chi connectivity index (χ0v) is 11.3. The molecule has 0 aliphatic carbocycles. The standard InChI is InChI=1S/C14H15NO2S/c1-3-9-7-5-6-8-10(9)13-12(14(16)17)15-11(4-2)18-13/h5-8H,3-4H2,1-2H3,(H,16,17). The smallest absolute Gasteiger partial charge is 0.356 e. The minimum Gasteiger partial charge on any atom is -0.476 e. The van der Waals surface area contributed by atoms with Gasteiger partial charge in [-0.3, -0.25) is 0 Å². The molecule has 0 fully saturated rings. The average Bonchev–Trinajstić information content (AvgIpc) is 2.83. The van der Waals surface area contributed by atoms with Crippen molar-refractivity contribution in [2.75, 3.05) is 0 Å². The number of carboxylic acid groups (broad SMARTS) is 1. The topological polar surface area (TPSA) is 50.2 Å². The summed E-state index contributed by atoms with van der Waals surface area (Å²) in [6.45, 7) is 4.06. The second-order valence-corrected chi connectivity index (χ2v) is 5.04. The molecule has 2 rings (SSSR count). The predicted octanol–water partition coefficient (Wildman–Crippen LogP) is 3.63. The maximum Gasteiger partial charge on any atom is 0.356 e. The lowest BCUT2D eigenvalue weighted by Crippen LogP contribution is -2.00. The average molecular weight is 261 g/mol. The number of nitrogens with zero attached hydrogens (tertiary/aromatic N) is 1. The van der Waals surface area contributed by atoms with Crippen molar-refractivity contribution < 1.29 is 9.90 Å². The molecule has 3 nitrogen and oxygen atoms in total. The molecule has 2 aromatic rings. The number of carbonyl (C=O) groups is 1. The van der Waals surface area contributed by atoms with Crippen molar-refractivity contribution in [3.05, 3.63) is 40.5 Å². The van der Waals surface area contributed by atoms with Gasteiger partial charge in [0.05, 0.1) is 9.88 Å². The van der Waals surface area contributed by atoms with E-state index in [2.05, 4.69) is 11.9 Å². The third-order valence-electron chi connectivity index (χ3n) is 2.82. The molecule has 0 bridgehead atoms. The first-order valence-corrected chi connectivity index (χ1v) is 6.80. The minimum absolute atomic E-state index is 0.178.